The summed E-state index contributed by atoms with van der Waals surface area (Å²) in [6.45, 7) is 6.40. The van der Waals surface area contributed by atoms with Gasteiger partial charge in [-0.15, -0.1) is 0 Å². The maximum absolute atomic E-state index is 11.4. The molecule has 0 unspecified atom stereocenters. The number of benzene rings is 1. The largest absolute Gasteiger partial charge is 0.504 e. The lowest BCUT2D eigenvalue weighted by atomic mass is 9.84. The van der Waals surface area contributed by atoms with Gasteiger partial charge >= 0.3 is 11.9 Å². The average Bonchev–Trinajstić information content (AvgIpc) is 2.54. The van der Waals surface area contributed by atoms with Gasteiger partial charge in [0.2, 0.25) is 6.29 Å². The fourth-order valence-corrected chi connectivity index (χ4v) is 2.78. The minimum absolute atomic E-state index is 0.00426. The number of ether oxygens (including phenoxy) is 4. The Hall–Kier alpha value is -2.28. The quantitative estimate of drug-likeness (QED) is 0.813. The number of phenolic OH excluding ortho intramolecular Hbond substituents is 1. The van der Waals surface area contributed by atoms with Crippen molar-refractivity contribution in [1.82, 2.24) is 0 Å². The molecular formula is C18H24O7. The van der Waals surface area contributed by atoms with Crippen LogP contribution < -0.4 is 4.74 Å². The second-order valence-corrected chi connectivity index (χ2v) is 6.22. The Bertz CT molecular complexity index is 615. The third-order valence-electron chi connectivity index (χ3n) is 4.31. The molecule has 25 heavy (non-hydrogen) atoms. The first-order valence-electron chi connectivity index (χ1n) is 8.20. The van der Waals surface area contributed by atoms with Gasteiger partial charge in [-0.05, 0) is 12.1 Å². The SMILES string of the molecule is CC(=O)OC[C@H]1O[C@@H](Oc2ccccc2O)[C@H](C)[C@@H](C)[C@H]1OC(C)=O. The fourth-order valence-electron chi connectivity index (χ4n) is 2.78. The van der Waals surface area contributed by atoms with Gasteiger partial charge < -0.3 is 24.1 Å². The molecule has 1 saturated heterocycles. The molecule has 0 aliphatic carbocycles. The van der Waals surface area contributed by atoms with Gasteiger partial charge in [0.25, 0.3) is 0 Å². The monoisotopic (exact) mass is 352 g/mol. The number of aromatic hydroxyl groups is 1. The smallest absolute Gasteiger partial charge is 0.303 e. The lowest BCUT2D eigenvalue weighted by Crippen LogP contribution is -2.54. The molecule has 1 aliphatic heterocycles. The normalized spacial score (nSPS) is 28.9. The van der Waals surface area contributed by atoms with Gasteiger partial charge in [-0.25, -0.2) is 0 Å². The van der Waals surface area contributed by atoms with Gasteiger partial charge in [-0.2, -0.15) is 0 Å². The van der Waals surface area contributed by atoms with Crippen LogP contribution in [0.3, 0.4) is 0 Å². The summed E-state index contributed by atoms with van der Waals surface area (Å²) in [6.07, 6.45) is -1.90. The number of phenols is 1. The molecule has 1 aromatic carbocycles. The minimum atomic E-state index is -0.685. The van der Waals surface area contributed by atoms with Crippen molar-refractivity contribution in [3.05, 3.63) is 24.3 Å². The zero-order chi connectivity index (χ0) is 18.6. The summed E-state index contributed by atoms with van der Waals surface area (Å²) >= 11 is 0. The van der Waals surface area contributed by atoms with Crippen molar-refractivity contribution in [2.75, 3.05) is 6.61 Å². The Morgan fingerprint density at radius 2 is 1.80 bits per heavy atom. The number of hydrogen-bond acceptors (Lipinski definition) is 7. The second kappa shape index (κ2) is 8.20. The first-order chi connectivity index (χ1) is 11.8. The zero-order valence-electron chi connectivity index (χ0n) is 14.8. The van der Waals surface area contributed by atoms with Crippen LogP contribution in [0.25, 0.3) is 0 Å². The molecule has 1 aliphatic rings. The number of carbonyl (C=O) groups is 2. The summed E-state index contributed by atoms with van der Waals surface area (Å²) in [5.74, 6) is -0.810. The lowest BCUT2D eigenvalue weighted by molar-refractivity contribution is -0.248. The maximum Gasteiger partial charge on any atom is 0.303 e. The highest BCUT2D eigenvalue weighted by Gasteiger charge is 2.45. The van der Waals surface area contributed by atoms with E-state index in [0.29, 0.717) is 5.75 Å². The molecular weight excluding hydrogens is 328 g/mol. The van der Waals surface area contributed by atoms with E-state index in [1.807, 2.05) is 13.8 Å². The van der Waals surface area contributed by atoms with Crippen LogP contribution in [0.4, 0.5) is 0 Å². The van der Waals surface area contributed by atoms with Crippen LogP contribution in [0.5, 0.6) is 11.5 Å². The van der Waals surface area contributed by atoms with E-state index in [0.717, 1.165) is 0 Å². The molecule has 0 spiro atoms. The first-order valence-corrected chi connectivity index (χ1v) is 8.20. The molecule has 0 saturated carbocycles. The molecule has 0 radical (unpaired) electrons. The van der Waals surface area contributed by atoms with Gasteiger partial charge in [0.05, 0.1) is 0 Å². The summed E-state index contributed by atoms with van der Waals surface area (Å²) in [6, 6.07) is 6.58. The predicted molar refractivity (Wildman–Crippen MR) is 87.9 cm³/mol. The highest BCUT2D eigenvalue weighted by Crippen LogP contribution is 2.36. The van der Waals surface area contributed by atoms with Crippen LogP contribution in [-0.2, 0) is 23.8 Å². The Kier molecular flexibility index (Phi) is 6.25. The Morgan fingerprint density at radius 1 is 1.12 bits per heavy atom. The van der Waals surface area contributed by atoms with Crippen molar-refractivity contribution >= 4 is 11.9 Å². The zero-order valence-corrected chi connectivity index (χ0v) is 14.8. The number of hydrogen-bond donors (Lipinski definition) is 1. The molecule has 1 heterocycles. The van der Waals surface area contributed by atoms with Crippen LogP contribution in [0, 0.1) is 11.8 Å². The van der Waals surface area contributed by atoms with Crippen LogP contribution in [0.1, 0.15) is 27.7 Å². The molecule has 7 heteroatoms. The Balaban J connectivity index is 2.17. The van der Waals surface area contributed by atoms with Crippen molar-refractivity contribution < 1.29 is 33.6 Å². The summed E-state index contributed by atoms with van der Waals surface area (Å²) < 4.78 is 22.1. The summed E-state index contributed by atoms with van der Waals surface area (Å²) in [5.41, 5.74) is 0. The minimum Gasteiger partial charge on any atom is -0.504 e. The Labute approximate surface area is 146 Å². The van der Waals surface area contributed by atoms with Crippen molar-refractivity contribution in [1.29, 1.82) is 0 Å². The summed E-state index contributed by atoms with van der Waals surface area (Å²) in [7, 11) is 0. The molecule has 7 nitrogen and oxygen atoms in total. The van der Waals surface area contributed by atoms with E-state index in [9.17, 15) is 14.7 Å². The maximum atomic E-state index is 11.4. The van der Waals surface area contributed by atoms with E-state index in [4.69, 9.17) is 18.9 Å². The molecule has 0 amide bonds. The summed E-state index contributed by atoms with van der Waals surface area (Å²) in [5, 5.41) is 9.89. The summed E-state index contributed by atoms with van der Waals surface area (Å²) in [4.78, 5) is 22.5. The van der Waals surface area contributed by atoms with E-state index in [1.165, 1.54) is 19.9 Å². The molecule has 138 valence electrons. The van der Waals surface area contributed by atoms with Gasteiger partial charge in [0, 0.05) is 25.7 Å². The molecule has 1 N–H and O–H groups in total. The van der Waals surface area contributed by atoms with Gasteiger partial charge in [-0.3, -0.25) is 9.59 Å². The molecule has 0 aromatic heterocycles. The predicted octanol–water partition coefficient (Wildman–Crippen LogP) is 2.26. The van der Waals surface area contributed by atoms with Crippen molar-refractivity contribution in [2.45, 2.75) is 46.2 Å². The average molecular weight is 352 g/mol. The number of carbonyl (C=O) groups excluding carboxylic acids is 2. The highest BCUT2D eigenvalue weighted by atomic mass is 16.7. The van der Waals surface area contributed by atoms with E-state index < -0.39 is 30.4 Å². The number of para-hydroxylation sites is 2. The third kappa shape index (κ3) is 4.85. The standard InChI is InChI=1S/C18H24O7/c1-10-11(2)18(24-15-8-6-5-7-14(15)21)25-16(9-22-12(3)19)17(10)23-13(4)20/h5-8,10-11,16-18,21H,9H2,1-4H3/t10-,11-,16-,17-,18-/m1/s1. The van der Waals surface area contributed by atoms with E-state index >= 15 is 0 Å². The number of esters is 2. The molecule has 1 aromatic rings. The highest BCUT2D eigenvalue weighted by molar-refractivity contribution is 5.66. The van der Waals surface area contributed by atoms with Crippen LogP contribution in [-0.4, -0.2) is 42.1 Å². The van der Waals surface area contributed by atoms with Crippen LogP contribution in [0.2, 0.25) is 0 Å². The lowest BCUT2D eigenvalue weighted by Gasteiger charge is -2.43. The first kappa shape index (κ1) is 19.1. The molecule has 5 atom stereocenters. The van der Waals surface area contributed by atoms with Crippen molar-refractivity contribution in [3.8, 4) is 11.5 Å². The third-order valence-corrected chi connectivity index (χ3v) is 4.31. The van der Waals surface area contributed by atoms with E-state index in [-0.39, 0.29) is 24.2 Å². The van der Waals surface area contributed by atoms with Gasteiger partial charge in [0.15, 0.2) is 11.5 Å². The topological polar surface area (TPSA) is 91.3 Å². The Morgan fingerprint density at radius 3 is 2.40 bits per heavy atom. The number of rotatable bonds is 5. The molecule has 0 bridgehead atoms. The van der Waals surface area contributed by atoms with Crippen molar-refractivity contribution in [3.63, 3.8) is 0 Å². The molecule has 2 rings (SSSR count). The molecule has 1 fully saturated rings. The second-order valence-electron chi connectivity index (χ2n) is 6.22. The van der Waals surface area contributed by atoms with E-state index in [1.54, 1.807) is 18.2 Å². The van der Waals surface area contributed by atoms with Crippen LogP contribution in [0.15, 0.2) is 24.3 Å². The van der Waals surface area contributed by atoms with Gasteiger partial charge in [-0.1, -0.05) is 26.0 Å². The van der Waals surface area contributed by atoms with Crippen molar-refractivity contribution in [2.24, 2.45) is 11.8 Å². The van der Waals surface area contributed by atoms with Crippen LogP contribution >= 0.6 is 0 Å². The fraction of sp³-hybridized carbons (Fsp3) is 0.556. The van der Waals surface area contributed by atoms with E-state index in [2.05, 4.69) is 0 Å². The van der Waals surface area contributed by atoms with Gasteiger partial charge in [0.1, 0.15) is 18.8 Å².